The topological polar surface area (TPSA) is 30.4 Å². The van der Waals surface area contributed by atoms with Crippen LogP contribution in [0.15, 0.2) is 0 Å². The van der Waals surface area contributed by atoms with Crippen molar-refractivity contribution >= 4 is 0 Å². The van der Waals surface area contributed by atoms with Crippen molar-refractivity contribution in [3.8, 4) is 0 Å². The number of hydrogen-bond acceptors (Lipinski definition) is 3. The number of rotatable bonds is 3. The third-order valence-corrected chi connectivity index (χ3v) is 0.408. The first-order valence-electron chi connectivity index (χ1n) is 1.72. The molecule has 0 aliphatic heterocycles. The second-order valence-corrected chi connectivity index (χ2v) is 0.704. The summed E-state index contributed by atoms with van der Waals surface area (Å²) in [4.78, 5) is 14.6. The van der Waals surface area contributed by atoms with E-state index >= 15 is 0 Å². The van der Waals surface area contributed by atoms with Crippen molar-refractivity contribution in [1.82, 2.24) is 0 Å². The SMILES string of the molecule is CO[O+](OC)OC. The van der Waals surface area contributed by atoms with Crippen LogP contribution in [0, 0.1) is 0 Å². The highest BCUT2D eigenvalue weighted by Crippen LogP contribution is 1.92. The molecule has 0 aromatic heterocycles. The molecule has 4 heteroatoms. The van der Waals surface area contributed by atoms with Gasteiger partial charge < -0.3 is 0 Å². The minimum atomic E-state index is 1.40. The Morgan fingerprint density at radius 3 is 1.14 bits per heavy atom. The van der Waals surface area contributed by atoms with E-state index in [4.69, 9.17) is 0 Å². The van der Waals surface area contributed by atoms with Crippen molar-refractivity contribution in [3.63, 3.8) is 0 Å². The standard InChI is InChI=1S/C3H9O4/c1-4-7(5-2)6-3/h1-3H3/q+1. The van der Waals surface area contributed by atoms with E-state index in [-0.39, 0.29) is 0 Å². The lowest BCUT2D eigenvalue weighted by atomic mass is 11.7. The molecule has 0 aromatic carbocycles. The molecule has 0 aliphatic rings. The van der Waals surface area contributed by atoms with Crippen molar-refractivity contribution in [3.05, 3.63) is 0 Å². The van der Waals surface area contributed by atoms with Crippen molar-refractivity contribution in [2.24, 2.45) is 0 Å². The Hall–Kier alpha value is -0.160. The zero-order valence-corrected chi connectivity index (χ0v) is 4.63. The first kappa shape index (κ1) is 6.84. The molecular weight excluding hydrogens is 100 g/mol. The van der Waals surface area contributed by atoms with Gasteiger partial charge in [-0.1, -0.05) is 0 Å². The van der Waals surface area contributed by atoms with Crippen LogP contribution in [-0.2, 0) is 19.5 Å². The molecule has 0 fully saturated rings. The van der Waals surface area contributed by atoms with Crippen LogP contribution >= 0.6 is 0 Å². The monoisotopic (exact) mass is 109 g/mol. The summed E-state index contributed by atoms with van der Waals surface area (Å²) in [6.07, 6.45) is 0. The molecule has 0 atom stereocenters. The summed E-state index contributed by atoms with van der Waals surface area (Å²) in [6, 6.07) is 0. The van der Waals surface area contributed by atoms with Crippen LogP contribution in [0.5, 0.6) is 0 Å². The Kier molecular flexibility index (Phi) is 3.92. The van der Waals surface area contributed by atoms with Gasteiger partial charge >= 0.3 is 0 Å². The molecule has 0 rings (SSSR count). The molecule has 0 unspecified atom stereocenters. The van der Waals surface area contributed by atoms with Gasteiger partial charge in [-0.2, -0.15) is 0 Å². The molecule has 4 nitrogen and oxygen atoms in total. The molecule has 0 spiro atoms. The Morgan fingerprint density at radius 1 is 0.857 bits per heavy atom. The average molecular weight is 109 g/mol. The minimum absolute atomic E-state index is 1.40. The molecule has 44 valence electrons. The smallest absolute Gasteiger partial charge is 0.0249 e. The summed E-state index contributed by atoms with van der Waals surface area (Å²) in [5.41, 5.74) is 0. The van der Waals surface area contributed by atoms with E-state index in [1.54, 1.807) is 4.82 Å². The highest BCUT2D eigenvalue weighted by Gasteiger charge is 2.06. The molecule has 7 heavy (non-hydrogen) atoms. The Labute approximate surface area is 42.0 Å². The zero-order chi connectivity index (χ0) is 5.70. The lowest BCUT2D eigenvalue weighted by Crippen LogP contribution is -2.09. The molecule has 0 amide bonds. The molecule has 0 heterocycles. The maximum Gasteiger partial charge on any atom is 0.134 e. The van der Waals surface area contributed by atoms with Crippen LogP contribution in [-0.4, -0.2) is 21.3 Å². The lowest BCUT2D eigenvalue weighted by Gasteiger charge is -1.95. The fourth-order valence-electron chi connectivity index (χ4n) is 0.204. The van der Waals surface area contributed by atoms with Crippen molar-refractivity contribution in [2.75, 3.05) is 21.3 Å². The average Bonchev–Trinajstić information content (AvgIpc) is 1.72. The molecular formula is C3H9O4+. The minimum Gasteiger partial charge on any atom is -0.0249 e. The van der Waals surface area contributed by atoms with Crippen LogP contribution in [0.3, 0.4) is 0 Å². The fraction of sp³-hybridized carbons (Fsp3) is 1.00. The van der Waals surface area contributed by atoms with Crippen molar-refractivity contribution < 1.29 is 19.5 Å². The summed E-state index contributed by atoms with van der Waals surface area (Å²) in [5.74, 6) is 0. The van der Waals surface area contributed by atoms with Crippen LogP contribution in [0.2, 0.25) is 0 Å². The van der Waals surface area contributed by atoms with Gasteiger partial charge in [0.1, 0.15) is 26.1 Å². The van der Waals surface area contributed by atoms with Gasteiger partial charge in [-0.3, -0.25) is 0 Å². The predicted octanol–water partition coefficient (Wildman–Crippen LogP) is 0.223. The maximum atomic E-state index is 4.35. The van der Waals surface area contributed by atoms with Gasteiger partial charge in [-0.05, 0) is 14.7 Å². The highest BCUT2D eigenvalue weighted by molar-refractivity contribution is 3.56. The molecule has 0 N–H and O–H groups in total. The van der Waals surface area contributed by atoms with Gasteiger partial charge in [-0.25, -0.2) is 0 Å². The molecule has 0 radical (unpaired) electrons. The second-order valence-electron chi connectivity index (χ2n) is 0.704. The van der Waals surface area contributed by atoms with E-state index in [0.29, 0.717) is 0 Å². The Bertz CT molecular complexity index is 28.4. The van der Waals surface area contributed by atoms with E-state index in [9.17, 15) is 0 Å². The van der Waals surface area contributed by atoms with Crippen LogP contribution in [0.25, 0.3) is 0 Å². The zero-order valence-electron chi connectivity index (χ0n) is 4.63. The van der Waals surface area contributed by atoms with E-state index in [0.717, 1.165) is 0 Å². The van der Waals surface area contributed by atoms with Gasteiger partial charge in [-0.15, -0.1) is 0 Å². The fourth-order valence-corrected chi connectivity index (χ4v) is 0.204. The van der Waals surface area contributed by atoms with Crippen molar-refractivity contribution in [1.29, 1.82) is 0 Å². The molecule has 0 bridgehead atoms. The summed E-state index contributed by atoms with van der Waals surface area (Å²) in [7, 11) is 4.20. The normalized spacial score (nSPS) is 10.3. The Balaban J connectivity index is 2.99. The van der Waals surface area contributed by atoms with Gasteiger partial charge in [0.25, 0.3) is 0 Å². The quantitative estimate of drug-likeness (QED) is 0.295. The largest absolute Gasteiger partial charge is 0.134 e. The maximum absolute atomic E-state index is 4.35. The van der Waals surface area contributed by atoms with Gasteiger partial charge in [0.2, 0.25) is 0 Å². The first-order valence-corrected chi connectivity index (χ1v) is 1.72. The van der Waals surface area contributed by atoms with Crippen LogP contribution in [0.1, 0.15) is 0 Å². The predicted molar refractivity (Wildman–Crippen MR) is 22.1 cm³/mol. The third kappa shape index (κ3) is 2.52. The Morgan fingerprint density at radius 2 is 1.14 bits per heavy atom. The summed E-state index contributed by atoms with van der Waals surface area (Å²) in [6.45, 7) is 0. The molecule has 0 saturated carbocycles. The van der Waals surface area contributed by atoms with E-state index in [2.05, 4.69) is 14.7 Å². The van der Waals surface area contributed by atoms with Crippen LogP contribution < -0.4 is 0 Å². The molecule has 0 aliphatic carbocycles. The molecule has 0 aromatic rings. The summed E-state index contributed by atoms with van der Waals surface area (Å²) in [5, 5.41) is 0. The van der Waals surface area contributed by atoms with E-state index < -0.39 is 0 Å². The van der Waals surface area contributed by atoms with Crippen molar-refractivity contribution in [2.45, 2.75) is 0 Å². The summed E-state index contributed by atoms with van der Waals surface area (Å²) < 4.78 is 0. The third-order valence-electron chi connectivity index (χ3n) is 0.408. The van der Waals surface area contributed by atoms with Gasteiger partial charge in [0.15, 0.2) is 0 Å². The lowest BCUT2D eigenvalue weighted by molar-refractivity contribution is -0.793. The molecule has 0 saturated heterocycles. The van der Waals surface area contributed by atoms with Gasteiger partial charge in [0.05, 0.1) is 0 Å². The van der Waals surface area contributed by atoms with E-state index in [1.165, 1.54) is 21.3 Å². The highest BCUT2D eigenvalue weighted by atomic mass is 17.8. The number of hydrogen-bond donors (Lipinski definition) is 0. The van der Waals surface area contributed by atoms with Crippen LogP contribution in [0.4, 0.5) is 0 Å². The summed E-state index contributed by atoms with van der Waals surface area (Å²) >= 11 is 0. The first-order chi connectivity index (χ1) is 3.35. The van der Waals surface area contributed by atoms with E-state index in [1.807, 2.05) is 0 Å². The second kappa shape index (κ2) is 4.01. The van der Waals surface area contributed by atoms with Gasteiger partial charge in [0, 0.05) is 0 Å².